The molecule has 18 heavy (non-hydrogen) atoms. The quantitative estimate of drug-likeness (QED) is 0.628. The van der Waals surface area contributed by atoms with E-state index in [1.807, 2.05) is 0 Å². The van der Waals surface area contributed by atoms with Gasteiger partial charge in [-0.25, -0.2) is 13.4 Å². The Hall–Kier alpha value is -0.950. The van der Waals surface area contributed by atoms with Crippen LogP contribution in [0.4, 0.5) is 0 Å². The standard InChI is InChI=1S/C11H15BrN2O3S/c1-11(2,3)18(15,16)13-7-8-5-6-9(17-4)14-10(8)12/h5-7H,1-4H3/b13-7+. The maximum Gasteiger partial charge on any atom is 0.258 e. The number of sulfonamides is 1. The molecule has 5 nitrogen and oxygen atoms in total. The Kier molecular flexibility index (Phi) is 4.50. The highest BCUT2D eigenvalue weighted by molar-refractivity contribution is 9.10. The normalized spacial score (nSPS) is 12.9. The Labute approximate surface area is 115 Å². The van der Waals surface area contributed by atoms with Crippen molar-refractivity contribution < 1.29 is 13.2 Å². The van der Waals surface area contributed by atoms with Crippen molar-refractivity contribution in [1.29, 1.82) is 0 Å². The van der Waals surface area contributed by atoms with Gasteiger partial charge in [-0.15, -0.1) is 0 Å². The molecule has 100 valence electrons. The molecule has 0 radical (unpaired) electrons. The number of ether oxygens (including phenoxy) is 1. The summed E-state index contributed by atoms with van der Waals surface area (Å²) in [4.78, 5) is 4.06. The van der Waals surface area contributed by atoms with Crippen molar-refractivity contribution in [1.82, 2.24) is 4.98 Å². The van der Waals surface area contributed by atoms with E-state index in [2.05, 4.69) is 25.3 Å². The summed E-state index contributed by atoms with van der Waals surface area (Å²) in [5.41, 5.74) is 0.573. The van der Waals surface area contributed by atoms with E-state index in [1.165, 1.54) is 13.3 Å². The summed E-state index contributed by atoms with van der Waals surface area (Å²) in [6, 6.07) is 3.31. The monoisotopic (exact) mass is 334 g/mol. The van der Waals surface area contributed by atoms with Crippen molar-refractivity contribution in [2.75, 3.05) is 7.11 Å². The number of hydrogen-bond donors (Lipinski definition) is 0. The molecule has 1 heterocycles. The maximum atomic E-state index is 11.8. The van der Waals surface area contributed by atoms with E-state index >= 15 is 0 Å². The first kappa shape index (κ1) is 15.1. The van der Waals surface area contributed by atoms with E-state index in [-0.39, 0.29) is 0 Å². The van der Waals surface area contributed by atoms with Crippen molar-refractivity contribution in [2.45, 2.75) is 25.5 Å². The van der Waals surface area contributed by atoms with Gasteiger partial charge in [-0.2, -0.15) is 4.40 Å². The maximum absolute atomic E-state index is 11.8. The van der Waals surface area contributed by atoms with E-state index in [4.69, 9.17) is 4.74 Å². The third-order valence-electron chi connectivity index (χ3n) is 2.17. The molecule has 7 heteroatoms. The summed E-state index contributed by atoms with van der Waals surface area (Å²) in [5.74, 6) is 0.442. The van der Waals surface area contributed by atoms with Crippen LogP contribution in [-0.2, 0) is 10.0 Å². The number of aromatic nitrogens is 1. The number of pyridine rings is 1. The van der Waals surface area contributed by atoms with E-state index in [0.29, 0.717) is 16.0 Å². The van der Waals surface area contributed by atoms with Gasteiger partial charge in [0.25, 0.3) is 10.0 Å². The van der Waals surface area contributed by atoms with Crippen molar-refractivity contribution in [3.05, 3.63) is 22.3 Å². The topological polar surface area (TPSA) is 68.6 Å². The van der Waals surface area contributed by atoms with Gasteiger partial charge in [-0.3, -0.25) is 0 Å². The SMILES string of the molecule is COc1ccc(/C=N/S(=O)(=O)C(C)(C)C)c(Br)n1. The zero-order chi connectivity index (χ0) is 14.0. The smallest absolute Gasteiger partial charge is 0.258 e. The van der Waals surface area contributed by atoms with Crippen LogP contribution in [0, 0.1) is 0 Å². The molecule has 0 spiro atoms. The van der Waals surface area contributed by atoms with Crippen LogP contribution in [0.15, 0.2) is 21.1 Å². The van der Waals surface area contributed by atoms with Crippen LogP contribution < -0.4 is 4.74 Å². The average Bonchev–Trinajstić information content (AvgIpc) is 2.25. The van der Waals surface area contributed by atoms with Crippen molar-refractivity contribution >= 4 is 32.2 Å². The first-order chi connectivity index (χ1) is 8.17. The Bertz CT molecular complexity index is 562. The zero-order valence-corrected chi connectivity index (χ0v) is 13.0. The van der Waals surface area contributed by atoms with Crippen LogP contribution in [0.5, 0.6) is 5.88 Å². The van der Waals surface area contributed by atoms with Gasteiger partial charge >= 0.3 is 0 Å². The lowest BCUT2D eigenvalue weighted by atomic mass is 10.3. The second-order valence-corrected chi connectivity index (χ2v) is 7.69. The van der Waals surface area contributed by atoms with Gasteiger partial charge in [0.15, 0.2) is 0 Å². The largest absolute Gasteiger partial charge is 0.481 e. The van der Waals surface area contributed by atoms with Gasteiger partial charge in [-0.1, -0.05) is 0 Å². The molecule has 1 rings (SSSR count). The molecule has 0 bridgehead atoms. The van der Waals surface area contributed by atoms with Crippen LogP contribution >= 0.6 is 15.9 Å². The van der Waals surface area contributed by atoms with Gasteiger partial charge in [0, 0.05) is 11.6 Å². The lowest BCUT2D eigenvalue weighted by Crippen LogP contribution is -2.25. The number of rotatable bonds is 3. The van der Waals surface area contributed by atoms with Crippen molar-refractivity contribution in [2.24, 2.45) is 4.40 Å². The molecular weight excluding hydrogens is 320 g/mol. The van der Waals surface area contributed by atoms with Gasteiger partial charge in [-0.05, 0) is 42.8 Å². The molecule has 0 amide bonds. The first-order valence-electron chi connectivity index (χ1n) is 5.18. The summed E-state index contributed by atoms with van der Waals surface area (Å²) in [5, 5.41) is 0. The van der Waals surface area contributed by atoms with Gasteiger partial charge < -0.3 is 4.74 Å². The number of halogens is 1. The summed E-state index contributed by atoms with van der Waals surface area (Å²) >= 11 is 3.23. The number of hydrogen-bond acceptors (Lipinski definition) is 4. The minimum Gasteiger partial charge on any atom is -0.481 e. The van der Waals surface area contributed by atoms with Gasteiger partial charge in [0.2, 0.25) is 5.88 Å². The van der Waals surface area contributed by atoms with Crippen molar-refractivity contribution in [3.8, 4) is 5.88 Å². The molecule has 0 aliphatic carbocycles. The third kappa shape index (κ3) is 3.52. The molecule has 0 aliphatic heterocycles. The second kappa shape index (κ2) is 5.36. The summed E-state index contributed by atoms with van der Waals surface area (Å²) in [7, 11) is -2.03. The highest BCUT2D eigenvalue weighted by atomic mass is 79.9. The number of nitrogens with zero attached hydrogens (tertiary/aromatic N) is 2. The lowest BCUT2D eigenvalue weighted by Gasteiger charge is -2.14. The fourth-order valence-electron chi connectivity index (χ4n) is 0.923. The summed E-state index contributed by atoms with van der Waals surface area (Å²) in [6.07, 6.45) is 1.27. The fourth-order valence-corrected chi connectivity index (χ4v) is 1.90. The molecule has 1 aromatic heterocycles. The highest BCUT2D eigenvalue weighted by Gasteiger charge is 2.27. The average molecular weight is 335 g/mol. The molecular formula is C11H15BrN2O3S. The number of methoxy groups -OCH3 is 1. The lowest BCUT2D eigenvalue weighted by molar-refractivity contribution is 0.397. The Morgan fingerprint density at radius 1 is 1.39 bits per heavy atom. The molecule has 0 saturated carbocycles. The second-order valence-electron chi connectivity index (χ2n) is 4.56. The molecule has 1 aromatic rings. The van der Waals surface area contributed by atoms with Crippen LogP contribution in [-0.4, -0.2) is 31.5 Å². The van der Waals surface area contributed by atoms with Crippen molar-refractivity contribution in [3.63, 3.8) is 0 Å². The van der Waals surface area contributed by atoms with E-state index in [0.717, 1.165) is 0 Å². The van der Waals surface area contributed by atoms with Crippen LogP contribution in [0.2, 0.25) is 0 Å². The Morgan fingerprint density at radius 3 is 2.44 bits per heavy atom. The molecule has 0 atom stereocenters. The molecule has 0 aliphatic rings. The molecule has 0 fully saturated rings. The molecule has 0 unspecified atom stereocenters. The van der Waals surface area contributed by atoms with Crippen LogP contribution in [0.25, 0.3) is 0 Å². The highest BCUT2D eigenvalue weighted by Crippen LogP contribution is 2.19. The van der Waals surface area contributed by atoms with Crippen LogP contribution in [0.1, 0.15) is 26.3 Å². The minimum absolute atomic E-state index is 0.442. The third-order valence-corrected chi connectivity index (χ3v) is 4.73. The molecule has 0 aromatic carbocycles. The predicted octanol–water partition coefficient (Wildman–Crippen LogP) is 2.40. The van der Waals surface area contributed by atoms with E-state index < -0.39 is 14.8 Å². The molecule has 0 saturated heterocycles. The Morgan fingerprint density at radius 2 is 2.00 bits per heavy atom. The van der Waals surface area contributed by atoms with E-state index in [1.54, 1.807) is 32.9 Å². The first-order valence-corrected chi connectivity index (χ1v) is 7.41. The predicted molar refractivity (Wildman–Crippen MR) is 74.8 cm³/mol. The minimum atomic E-state index is -3.54. The molecule has 0 N–H and O–H groups in total. The summed E-state index contributed by atoms with van der Waals surface area (Å²) in [6.45, 7) is 4.79. The Balaban J connectivity index is 3.06. The fraction of sp³-hybridized carbons (Fsp3) is 0.455. The van der Waals surface area contributed by atoms with E-state index in [9.17, 15) is 8.42 Å². The summed E-state index contributed by atoms with van der Waals surface area (Å²) < 4.78 is 31.8. The zero-order valence-electron chi connectivity index (χ0n) is 10.6. The van der Waals surface area contributed by atoms with Gasteiger partial charge in [0.1, 0.15) is 4.60 Å². The van der Waals surface area contributed by atoms with Crippen LogP contribution in [0.3, 0.4) is 0 Å². The van der Waals surface area contributed by atoms with Gasteiger partial charge in [0.05, 0.1) is 18.1 Å².